The van der Waals surface area contributed by atoms with Crippen LogP contribution in [0.5, 0.6) is 0 Å². The number of likely N-dealkylation sites (tertiary alicyclic amines) is 1. The molecule has 0 saturated carbocycles. The SMILES string of the molecule is CCCNC(N)=NCC(=O)N1CCC(Cc2ccccc2)CC1.I. The number of aliphatic imine (C=N–C) groups is 1. The van der Waals surface area contributed by atoms with Crippen LogP contribution in [0.25, 0.3) is 0 Å². The molecule has 134 valence electrons. The van der Waals surface area contributed by atoms with Gasteiger partial charge in [-0.1, -0.05) is 37.3 Å². The Hall–Kier alpha value is -1.31. The third-order valence-electron chi connectivity index (χ3n) is 4.28. The average molecular weight is 444 g/mol. The maximum absolute atomic E-state index is 12.2. The second-order valence-electron chi connectivity index (χ2n) is 6.14. The molecule has 0 aromatic heterocycles. The van der Waals surface area contributed by atoms with Gasteiger partial charge in [-0.3, -0.25) is 4.79 Å². The lowest BCUT2D eigenvalue weighted by Gasteiger charge is -2.31. The summed E-state index contributed by atoms with van der Waals surface area (Å²) in [5.41, 5.74) is 7.10. The Balaban J connectivity index is 0.00000288. The number of halogens is 1. The highest BCUT2D eigenvalue weighted by molar-refractivity contribution is 14.0. The number of hydrogen-bond donors (Lipinski definition) is 2. The van der Waals surface area contributed by atoms with E-state index in [0.29, 0.717) is 11.9 Å². The van der Waals surface area contributed by atoms with Crippen LogP contribution >= 0.6 is 24.0 Å². The van der Waals surface area contributed by atoms with E-state index in [4.69, 9.17) is 5.73 Å². The number of amides is 1. The zero-order chi connectivity index (χ0) is 16.5. The summed E-state index contributed by atoms with van der Waals surface area (Å²) in [6, 6.07) is 10.6. The van der Waals surface area contributed by atoms with Crippen LogP contribution in [0.1, 0.15) is 31.7 Å². The molecule has 5 nitrogen and oxygen atoms in total. The Morgan fingerprint density at radius 1 is 1.29 bits per heavy atom. The predicted molar refractivity (Wildman–Crippen MR) is 110 cm³/mol. The van der Waals surface area contributed by atoms with Crippen molar-refractivity contribution in [2.45, 2.75) is 32.6 Å². The molecule has 6 heteroatoms. The molecule has 3 N–H and O–H groups in total. The first-order valence-electron chi connectivity index (χ1n) is 8.54. The lowest BCUT2D eigenvalue weighted by Crippen LogP contribution is -2.41. The van der Waals surface area contributed by atoms with Gasteiger partial charge < -0.3 is 16.0 Å². The Labute approximate surface area is 162 Å². The Morgan fingerprint density at radius 2 is 1.96 bits per heavy atom. The summed E-state index contributed by atoms with van der Waals surface area (Å²) in [6.07, 6.45) is 4.22. The van der Waals surface area contributed by atoms with Crippen molar-refractivity contribution < 1.29 is 4.79 Å². The van der Waals surface area contributed by atoms with E-state index in [1.54, 1.807) is 0 Å². The maximum Gasteiger partial charge on any atom is 0.244 e. The summed E-state index contributed by atoms with van der Waals surface area (Å²) < 4.78 is 0. The van der Waals surface area contributed by atoms with Crippen LogP contribution in [0.3, 0.4) is 0 Å². The molecule has 0 unspecified atom stereocenters. The number of nitrogens with zero attached hydrogens (tertiary/aromatic N) is 2. The number of guanidine groups is 1. The zero-order valence-corrected chi connectivity index (χ0v) is 16.7. The van der Waals surface area contributed by atoms with E-state index in [-0.39, 0.29) is 36.4 Å². The van der Waals surface area contributed by atoms with Gasteiger partial charge in [0.25, 0.3) is 0 Å². The highest BCUT2D eigenvalue weighted by Gasteiger charge is 2.22. The van der Waals surface area contributed by atoms with Crippen molar-refractivity contribution in [3.05, 3.63) is 35.9 Å². The quantitative estimate of drug-likeness (QED) is 0.402. The summed E-state index contributed by atoms with van der Waals surface area (Å²) >= 11 is 0. The molecule has 1 aromatic carbocycles. The van der Waals surface area contributed by atoms with Crippen LogP contribution in [-0.2, 0) is 11.2 Å². The lowest BCUT2D eigenvalue weighted by atomic mass is 9.90. The van der Waals surface area contributed by atoms with E-state index in [0.717, 1.165) is 45.3 Å². The molecule has 1 heterocycles. The molecule has 0 aliphatic carbocycles. The predicted octanol–water partition coefficient (Wildman–Crippen LogP) is 2.40. The minimum Gasteiger partial charge on any atom is -0.370 e. The summed E-state index contributed by atoms with van der Waals surface area (Å²) in [5.74, 6) is 1.10. The van der Waals surface area contributed by atoms with Gasteiger partial charge in [0.2, 0.25) is 5.91 Å². The number of hydrogen-bond acceptors (Lipinski definition) is 2. The topological polar surface area (TPSA) is 70.7 Å². The third-order valence-corrected chi connectivity index (χ3v) is 4.28. The molecule has 0 radical (unpaired) electrons. The number of carbonyl (C=O) groups excluding carboxylic acids is 1. The number of benzene rings is 1. The second-order valence-corrected chi connectivity index (χ2v) is 6.14. The molecule has 1 saturated heterocycles. The van der Waals surface area contributed by atoms with Crippen LogP contribution in [0, 0.1) is 5.92 Å². The van der Waals surface area contributed by atoms with Crippen LogP contribution in [0.2, 0.25) is 0 Å². The normalized spacial score (nSPS) is 15.7. The molecule has 0 bridgehead atoms. The van der Waals surface area contributed by atoms with Crippen LogP contribution in [0.4, 0.5) is 0 Å². The standard InChI is InChI=1S/C18H28N4O.HI/c1-2-10-20-18(19)21-14-17(23)22-11-8-16(9-12-22)13-15-6-4-3-5-7-15;/h3-7,16H,2,8-14H2,1H3,(H3,19,20,21);1H. The van der Waals surface area contributed by atoms with Crippen molar-refractivity contribution in [1.29, 1.82) is 0 Å². The van der Waals surface area contributed by atoms with E-state index in [1.165, 1.54) is 5.56 Å². The fraction of sp³-hybridized carbons (Fsp3) is 0.556. The first-order chi connectivity index (χ1) is 11.2. The number of nitrogens with one attached hydrogen (secondary N) is 1. The van der Waals surface area contributed by atoms with Crippen molar-refractivity contribution in [1.82, 2.24) is 10.2 Å². The zero-order valence-electron chi connectivity index (χ0n) is 14.4. The molecule has 1 aromatic rings. The molecule has 24 heavy (non-hydrogen) atoms. The molecule has 0 spiro atoms. The van der Waals surface area contributed by atoms with Gasteiger partial charge >= 0.3 is 0 Å². The Morgan fingerprint density at radius 3 is 2.58 bits per heavy atom. The molecule has 1 aliphatic heterocycles. The van der Waals surface area contributed by atoms with Crippen LogP contribution in [0.15, 0.2) is 35.3 Å². The molecular formula is C18H29IN4O. The third kappa shape index (κ3) is 7.07. The number of nitrogens with two attached hydrogens (primary N) is 1. The van der Waals surface area contributed by atoms with Crippen molar-refractivity contribution in [2.24, 2.45) is 16.6 Å². The first kappa shape index (κ1) is 20.7. The summed E-state index contributed by atoms with van der Waals surface area (Å²) in [5, 5.41) is 2.98. The van der Waals surface area contributed by atoms with Gasteiger partial charge in [-0.05, 0) is 37.2 Å². The van der Waals surface area contributed by atoms with Crippen molar-refractivity contribution >= 4 is 35.8 Å². The first-order valence-corrected chi connectivity index (χ1v) is 8.54. The minimum absolute atomic E-state index is 0. The van der Waals surface area contributed by atoms with E-state index in [2.05, 4.69) is 41.5 Å². The van der Waals surface area contributed by atoms with Gasteiger partial charge in [0.1, 0.15) is 6.54 Å². The monoisotopic (exact) mass is 444 g/mol. The van der Waals surface area contributed by atoms with E-state index in [9.17, 15) is 4.79 Å². The molecule has 2 rings (SSSR count). The largest absolute Gasteiger partial charge is 0.370 e. The van der Waals surface area contributed by atoms with Gasteiger partial charge in [0, 0.05) is 19.6 Å². The fourth-order valence-corrected chi connectivity index (χ4v) is 2.90. The average Bonchev–Trinajstić information content (AvgIpc) is 2.59. The lowest BCUT2D eigenvalue weighted by molar-refractivity contribution is -0.130. The molecular weight excluding hydrogens is 415 g/mol. The Kier molecular flexibility index (Phi) is 9.75. The highest BCUT2D eigenvalue weighted by atomic mass is 127. The Bertz CT molecular complexity index is 513. The van der Waals surface area contributed by atoms with Gasteiger partial charge in [-0.2, -0.15) is 0 Å². The van der Waals surface area contributed by atoms with Gasteiger partial charge in [-0.25, -0.2) is 4.99 Å². The van der Waals surface area contributed by atoms with Crippen molar-refractivity contribution in [3.8, 4) is 0 Å². The number of carbonyl (C=O) groups is 1. The molecule has 1 aliphatic rings. The van der Waals surface area contributed by atoms with Crippen molar-refractivity contribution in [2.75, 3.05) is 26.2 Å². The van der Waals surface area contributed by atoms with E-state index < -0.39 is 0 Å². The number of piperidine rings is 1. The minimum atomic E-state index is 0. The summed E-state index contributed by atoms with van der Waals surface area (Å²) in [6.45, 7) is 4.65. The summed E-state index contributed by atoms with van der Waals surface area (Å²) in [4.78, 5) is 18.2. The van der Waals surface area contributed by atoms with E-state index >= 15 is 0 Å². The highest BCUT2D eigenvalue weighted by Crippen LogP contribution is 2.21. The second kappa shape index (κ2) is 11.3. The van der Waals surface area contributed by atoms with Gasteiger partial charge in [0.15, 0.2) is 5.96 Å². The van der Waals surface area contributed by atoms with Gasteiger partial charge in [-0.15, -0.1) is 24.0 Å². The molecule has 0 atom stereocenters. The maximum atomic E-state index is 12.2. The van der Waals surface area contributed by atoms with Crippen LogP contribution in [-0.4, -0.2) is 42.9 Å². The smallest absolute Gasteiger partial charge is 0.244 e. The van der Waals surface area contributed by atoms with Gasteiger partial charge in [0.05, 0.1) is 0 Å². The fourth-order valence-electron chi connectivity index (χ4n) is 2.90. The molecule has 1 fully saturated rings. The molecule has 1 amide bonds. The van der Waals surface area contributed by atoms with E-state index in [1.807, 2.05) is 11.0 Å². The number of rotatable bonds is 6. The van der Waals surface area contributed by atoms with Crippen LogP contribution < -0.4 is 11.1 Å². The van der Waals surface area contributed by atoms with Crippen molar-refractivity contribution in [3.63, 3.8) is 0 Å². The summed E-state index contributed by atoms with van der Waals surface area (Å²) in [7, 11) is 0.